The Balaban J connectivity index is 2.24. The third-order valence-corrected chi connectivity index (χ3v) is 7.28. The molecule has 3 aromatic rings. The highest BCUT2D eigenvalue weighted by molar-refractivity contribution is 7.71. The minimum Gasteiger partial charge on any atom is -0.508 e. The van der Waals surface area contributed by atoms with Gasteiger partial charge in [0.25, 0.3) is 0 Å². The molecule has 0 amide bonds. The second kappa shape index (κ2) is 6.84. The Labute approximate surface area is 147 Å². The summed E-state index contributed by atoms with van der Waals surface area (Å²) in [5, 5.41) is 11.7. The second-order valence-electron chi connectivity index (χ2n) is 5.84. The van der Waals surface area contributed by atoms with Gasteiger partial charge in [-0.2, -0.15) is 0 Å². The molecule has 0 spiro atoms. The molecular weight excluding hydrogens is 339 g/mol. The zero-order valence-corrected chi connectivity index (χ0v) is 14.9. The monoisotopic (exact) mass is 356 g/mol. The molecule has 0 radical (unpaired) electrons. The molecule has 24 heavy (non-hydrogen) atoms. The molecule has 0 saturated heterocycles. The van der Waals surface area contributed by atoms with Crippen LogP contribution in [-0.4, -0.2) is 11.8 Å². The summed E-state index contributed by atoms with van der Waals surface area (Å²) in [5.74, 6) is 0.103. The topological polar surface area (TPSA) is 37.3 Å². The van der Waals surface area contributed by atoms with E-state index in [1.165, 1.54) is 0 Å². The minimum atomic E-state index is -2.86. The van der Waals surface area contributed by atoms with E-state index in [9.17, 15) is 9.67 Å². The Morgan fingerprint density at radius 2 is 1.50 bits per heavy atom. The van der Waals surface area contributed by atoms with Crippen molar-refractivity contribution in [2.24, 2.45) is 0 Å². The van der Waals surface area contributed by atoms with E-state index in [2.05, 4.69) is 0 Å². The van der Waals surface area contributed by atoms with E-state index >= 15 is 0 Å². The molecule has 4 heteroatoms. The van der Waals surface area contributed by atoms with Gasteiger partial charge in [-0.05, 0) is 30.4 Å². The van der Waals surface area contributed by atoms with Gasteiger partial charge in [0.1, 0.15) is 12.9 Å². The summed E-state index contributed by atoms with van der Waals surface area (Å²) in [6, 6.07) is 23.9. The minimum absolute atomic E-state index is 0.103. The van der Waals surface area contributed by atoms with Crippen molar-refractivity contribution >= 4 is 24.0 Å². The molecule has 1 N–H and O–H groups in total. The van der Waals surface area contributed by atoms with Gasteiger partial charge in [-0.25, -0.2) is 0 Å². The van der Waals surface area contributed by atoms with Crippen LogP contribution in [0.1, 0.15) is 16.8 Å². The number of halogens is 1. The molecule has 2 unspecified atom stereocenters. The van der Waals surface area contributed by atoms with Crippen molar-refractivity contribution in [3.8, 4) is 5.75 Å². The fourth-order valence-electron chi connectivity index (χ4n) is 2.98. The van der Waals surface area contributed by atoms with Crippen LogP contribution in [0.4, 0.5) is 0 Å². The standard InChI is InChI=1S/C20H18ClO2P/c1-24(23,17-10-6-3-7-11-17)20(15-8-4-2-5-9-15)18-14-16(21)12-13-19(18)22/h2-14,20,22H,1H3. The number of hydrogen-bond acceptors (Lipinski definition) is 2. The molecule has 3 rings (SSSR count). The van der Waals surface area contributed by atoms with E-state index < -0.39 is 12.8 Å². The SMILES string of the molecule is CP(=O)(c1ccccc1)C(c1ccccc1)c1cc(Cl)ccc1O. The maximum Gasteiger partial charge on any atom is 0.124 e. The highest BCUT2D eigenvalue weighted by atomic mass is 35.5. The maximum atomic E-state index is 13.8. The molecule has 0 heterocycles. The van der Waals surface area contributed by atoms with Crippen LogP contribution in [0.5, 0.6) is 5.75 Å². The van der Waals surface area contributed by atoms with Crippen LogP contribution in [0.3, 0.4) is 0 Å². The first-order valence-electron chi connectivity index (χ1n) is 7.66. The summed E-state index contributed by atoms with van der Waals surface area (Å²) in [6.07, 6.45) is 0. The summed E-state index contributed by atoms with van der Waals surface area (Å²) in [4.78, 5) is 0. The molecular formula is C20H18ClO2P. The molecule has 0 aliphatic carbocycles. The molecule has 0 fully saturated rings. The van der Waals surface area contributed by atoms with Crippen molar-refractivity contribution in [3.63, 3.8) is 0 Å². The molecule has 3 aromatic carbocycles. The average molecular weight is 357 g/mol. The molecule has 122 valence electrons. The summed E-state index contributed by atoms with van der Waals surface area (Å²) >= 11 is 6.14. The first kappa shape index (κ1) is 16.8. The van der Waals surface area contributed by atoms with Gasteiger partial charge < -0.3 is 9.67 Å². The predicted octanol–water partition coefficient (Wildman–Crippen LogP) is 5.45. The van der Waals surface area contributed by atoms with Gasteiger partial charge >= 0.3 is 0 Å². The molecule has 0 bridgehead atoms. The van der Waals surface area contributed by atoms with Crippen molar-refractivity contribution in [1.29, 1.82) is 0 Å². The van der Waals surface area contributed by atoms with Gasteiger partial charge in [0.15, 0.2) is 0 Å². The quantitative estimate of drug-likeness (QED) is 0.631. The third kappa shape index (κ3) is 3.26. The maximum absolute atomic E-state index is 13.8. The largest absolute Gasteiger partial charge is 0.508 e. The van der Waals surface area contributed by atoms with E-state index in [0.29, 0.717) is 10.6 Å². The van der Waals surface area contributed by atoms with Crippen LogP contribution in [0.25, 0.3) is 0 Å². The molecule has 0 aliphatic heterocycles. The van der Waals surface area contributed by atoms with Crippen LogP contribution in [0.15, 0.2) is 78.9 Å². The predicted molar refractivity (Wildman–Crippen MR) is 101 cm³/mol. The fourth-order valence-corrected chi connectivity index (χ4v) is 5.70. The molecule has 2 nitrogen and oxygen atoms in total. The zero-order valence-electron chi connectivity index (χ0n) is 13.3. The van der Waals surface area contributed by atoms with E-state index in [1.807, 2.05) is 60.7 Å². The highest BCUT2D eigenvalue weighted by Crippen LogP contribution is 2.59. The third-order valence-electron chi connectivity index (χ3n) is 4.16. The summed E-state index contributed by atoms with van der Waals surface area (Å²) in [5.41, 5.74) is 1.02. The number of phenols is 1. The van der Waals surface area contributed by atoms with Gasteiger partial charge in [0.05, 0.1) is 5.66 Å². The van der Waals surface area contributed by atoms with Crippen LogP contribution in [-0.2, 0) is 4.57 Å². The Morgan fingerprint density at radius 3 is 2.12 bits per heavy atom. The van der Waals surface area contributed by atoms with E-state index in [0.717, 1.165) is 10.9 Å². The van der Waals surface area contributed by atoms with Crippen molar-refractivity contribution in [2.75, 3.05) is 6.66 Å². The summed E-state index contributed by atoms with van der Waals surface area (Å²) in [6.45, 7) is 1.76. The lowest BCUT2D eigenvalue weighted by atomic mass is 10.0. The Bertz CT molecular complexity index is 879. The molecule has 0 aliphatic rings. The van der Waals surface area contributed by atoms with Gasteiger partial charge in [0.2, 0.25) is 0 Å². The van der Waals surface area contributed by atoms with Crippen LogP contribution in [0.2, 0.25) is 5.02 Å². The normalized spacial score (nSPS) is 14.8. The van der Waals surface area contributed by atoms with Gasteiger partial charge in [-0.1, -0.05) is 72.3 Å². The summed E-state index contributed by atoms with van der Waals surface area (Å²) in [7, 11) is -2.86. The van der Waals surface area contributed by atoms with Crippen molar-refractivity contribution in [1.82, 2.24) is 0 Å². The molecule has 0 saturated carbocycles. The smallest absolute Gasteiger partial charge is 0.124 e. The van der Waals surface area contributed by atoms with Gasteiger partial charge in [-0.15, -0.1) is 0 Å². The van der Waals surface area contributed by atoms with E-state index in [-0.39, 0.29) is 5.75 Å². The Kier molecular flexibility index (Phi) is 4.80. The lowest BCUT2D eigenvalue weighted by molar-refractivity contribution is 0.468. The number of phenolic OH excluding ortho intramolecular Hbond substituents is 1. The lowest BCUT2D eigenvalue weighted by Crippen LogP contribution is -2.12. The fraction of sp³-hybridized carbons (Fsp3) is 0.100. The van der Waals surface area contributed by atoms with Gasteiger partial charge in [-0.3, -0.25) is 0 Å². The zero-order chi connectivity index (χ0) is 17.2. The number of rotatable bonds is 4. The lowest BCUT2D eigenvalue weighted by Gasteiger charge is -2.27. The van der Waals surface area contributed by atoms with Crippen molar-refractivity contribution in [2.45, 2.75) is 5.66 Å². The molecule has 0 aromatic heterocycles. The Hall–Kier alpha value is -2.02. The first-order chi connectivity index (χ1) is 11.5. The molecule has 2 atom stereocenters. The average Bonchev–Trinajstić information content (AvgIpc) is 2.60. The number of benzene rings is 3. The highest BCUT2D eigenvalue weighted by Gasteiger charge is 2.34. The number of hydrogen-bond donors (Lipinski definition) is 1. The van der Waals surface area contributed by atoms with E-state index in [1.54, 1.807) is 24.9 Å². The first-order valence-corrected chi connectivity index (χ1v) is 10.3. The van der Waals surface area contributed by atoms with Crippen LogP contribution < -0.4 is 5.30 Å². The van der Waals surface area contributed by atoms with Crippen LogP contribution >= 0.6 is 18.7 Å². The second-order valence-corrected chi connectivity index (χ2v) is 9.29. The van der Waals surface area contributed by atoms with Gasteiger partial charge in [0, 0.05) is 15.9 Å². The number of aromatic hydroxyl groups is 1. The van der Waals surface area contributed by atoms with Crippen molar-refractivity contribution in [3.05, 3.63) is 95.0 Å². The van der Waals surface area contributed by atoms with E-state index in [4.69, 9.17) is 11.6 Å². The van der Waals surface area contributed by atoms with Crippen LogP contribution in [0, 0.1) is 0 Å². The Morgan fingerprint density at radius 1 is 0.917 bits per heavy atom. The van der Waals surface area contributed by atoms with Crippen molar-refractivity contribution < 1.29 is 9.67 Å². The summed E-state index contributed by atoms with van der Waals surface area (Å²) < 4.78 is 13.8.